The van der Waals surface area contributed by atoms with E-state index in [9.17, 15) is 4.79 Å². The van der Waals surface area contributed by atoms with Crippen molar-refractivity contribution in [3.05, 3.63) is 63.7 Å². The predicted molar refractivity (Wildman–Crippen MR) is 96.0 cm³/mol. The van der Waals surface area contributed by atoms with Gasteiger partial charge >= 0.3 is 0 Å². The third-order valence-electron chi connectivity index (χ3n) is 5.02. The van der Waals surface area contributed by atoms with Gasteiger partial charge in [-0.15, -0.1) is 0 Å². The summed E-state index contributed by atoms with van der Waals surface area (Å²) < 4.78 is 11.3. The lowest BCUT2D eigenvalue weighted by molar-refractivity contribution is 0.0922. The molecule has 1 amide bonds. The molecule has 1 atom stereocenters. The SMILES string of the molecule is Cc1cc(C)c2c(c1)[C@H](NC(=O)c1ccc3c(c1)COCC3)CCO2. The van der Waals surface area contributed by atoms with Crippen LogP contribution in [-0.2, 0) is 17.8 Å². The van der Waals surface area contributed by atoms with E-state index in [1.165, 1.54) is 11.1 Å². The van der Waals surface area contributed by atoms with E-state index in [0.29, 0.717) is 18.8 Å². The highest BCUT2D eigenvalue weighted by Gasteiger charge is 2.25. The number of fused-ring (bicyclic) bond motifs is 2. The molecular formula is C21H23NO3. The summed E-state index contributed by atoms with van der Waals surface area (Å²) in [6, 6.07) is 10.2. The number of amides is 1. The van der Waals surface area contributed by atoms with Crippen LogP contribution in [0.4, 0.5) is 0 Å². The molecule has 4 heteroatoms. The molecule has 4 rings (SSSR count). The molecule has 4 nitrogen and oxygen atoms in total. The standard InChI is InChI=1S/C21H23NO3/c1-13-9-14(2)20-18(10-13)19(6-8-25-20)22-21(23)16-4-3-15-5-7-24-12-17(15)11-16/h3-4,9-11,19H,5-8,12H2,1-2H3,(H,22,23)/t19-/m1/s1. The quantitative estimate of drug-likeness (QED) is 0.910. The van der Waals surface area contributed by atoms with Crippen LogP contribution in [0.2, 0.25) is 0 Å². The Kier molecular flexibility index (Phi) is 4.22. The van der Waals surface area contributed by atoms with Crippen LogP contribution in [0, 0.1) is 13.8 Å². The van der Waals surface area contributed by atoms with E-state index in [1.54, 1.807) is 0 Å². The minimum Gasteiger partial charge on any atom is -0.493 e. The van der Waals surface area contributed by atoms with Crippen LogP contribution in [0.25, 0.3) is 0 Å². The molecule has 0 unspecified atom stereocenters. The van der Waals surface area contributed by atoms with Gasteiger partial charge in [0.15, 0.2) is 0 Å². The molecule has 0 spiro atoms. The number of rotatable bonds is 2. The lowest BCUT2D eigenvalue weighted by Crippen LogP contribution is -2.32. The molecule has 2 aliphatic heterocycles. The maximum atomic E-state index is 12.8. The second-order valence-electron chi connectivity index (χ2n) is 6.95. The molecule has 0 saturated heterocycles. The van der Waals surface area contributed by atoms with Gasteiger partial charge in [0.05, 0.1) is 25.9 Å². The van der Waals surface area contributed by atoms with Gasteiger partial charge in [-0.1, -0.05) is 23.8 Å². The van der Waals surface area contributed by atoms with E-state index in [0.717, 1.165) is 41.9 Å². The summed E-state index contributed by atoms with van der Waals surface area (Å²) in [5.41, 5.74) is 6.50. The average molecular weight is 337 g/mol. The summed E-state index contributed by atoms with van der Waals surface area (Å²) in [6.07, 6.45) is 1.71. The second kappa shape index (κ2) is 6.52. The van der Waals surface area contributed by atoms with Crippen molar-refractivity contribution in [2.45, 2.75) is 39.3 Å². The lowest BCUT2D eigenvalue weighted by Gasteiger charge is -2.28. The Morgan fingerprint density at radius 1 is 1.12 bits per heavy atom. The van der Waals surface area contributed by atoms with Crippen LogP contribution in [0.1, 0.15) is 50.6 Å². The zero-order valence-corrected chi connectivity index (χ0v) is 14.7. The summed E-state index contributed by atoms with van der Waals surface area (Å²) in [4.78, 5) is 12.8. The highest BCUT2D eigenvalue weighted by Crippen LogP contribution is 2.36. The van der Waals surface area contributed by atoms with Crippen molar-refractivity contribution in [1.29, 1.82) is 0 Å². The fraction of sp³-hybridized carbons (Fsp3) is 0.381. The van der Waals surface area contributed by atoms with Crippen molar-refractivity contribution in [1.82, 2.24) is 5.32 Å². The smallest absolute Gasteiger partial charge is 0.251 e. The number of aryl methyl sites for hydroxylation is 2. The van der Waals surface area contributed by atoms with Crippen LogP contribution in [0.5, 0.6) is 5.75 Å². The first-order valence-electron chi connectivity index (χ1n) is 8.86. The van der Waals surface area contributed by atoms with Gasteiger partial charge in [0.1, 0.15) is 5.75 Å². The van der Waals surface area contributed by atoms with E-state index >= 15 is 0 Å². The third kappa shape index (κ3) is 3.14. The highest BCUT2D eigenvalue weighted by molar-refractivity contribution is 5.94. The van der Waals surface area contributed by atoms with Gasteiger partial charge in [-0.3, -0.25) is 4.79 Å². The number of hydrogen-bond donors (Lipinski definition) is 1. The molecule has 0 fully saturated rings. The van der Waals surface area contributed by atoms with Crippen LogP contribution >= 0.6 is 0 Å². The zero-order chi connectivity index (χ0) is 17.4. The molecular weight excluding hydrogens is 314 g/mol. The Labute approximate surface area is 148 Å². The lowest BCUT2D eigenvalue weighted by atomic mass is 9.95. The van der Waals surface area contributed by atoms with E-state index in [4.69, 9.17) is 9.47 Å². The van der Waals surface area contributed by atoms with Crippen molar-refractivity contribution in [3.63, 3.8) is 0 Å². The number of hydrogen-bond acceptors (Lipinski definition) is 3. The maximum Gasteiger partial charge on any atom is 0.251 e. The highest BCUT2D eigenvalue weighted by atomic mass is 16.5. The van der Waals surface area contributed by atoms with E-state index in [-0.39, 0.29) is 11.9 Å². The number of carbonyl (C=O) groups excluding carboxylic acids is 1. The van der Waals surface area contributed by atoms with Gasteiger partial charge < -0.3 is 14.8 Å². The summed E-state index contributed by atoms with van der Waals surface area (Å²) in [7, 11) is 0. The number of carbonyl (C=O) groups is 1. The van der Waals surface area contributed by atoms with Crippen molar-refractivity contribution in [2.75, 3.05) is 13.2 Å². The Balaban J connectivity index is 1.58. The average Bonchev–Trinajstić information content (AvgIpc) is 2.62. The Morgan fingerprint density at radius 2 is 2.00 bits per heavy atom. The predicted octanol–water partition coefficient (Wildman–Crippen LogP) is 3.63. The fourth-order valence-electron chi connectivity index (χ4n) is 3.78. The summed E-state index contributed by atoms with van der Waals surface area (Å²) in [5.74, 6) is 0.881. The van der Waals surface area contributed by atoms with E-state index < -0.39 is 0 Å². The van der Waals surface area contributed by atoms with Crippen LogP contribution in [0.3, 0.4) is 0 Å². The molecule has 2 aromatic rings. The molecule has 2 aromatic carbocycles. The van der Waals surface area contributed by atoms with Crippen LogP contribution in [-0.4, -0.2) is 19.1 Å². The zero-order valence-electron chi connectivity index (χ0n) is 14.7. The fourth-order valence-corrected chi connectivity index (χ4v) is 3.78. The largest absolute Gasteiger partial charge is 0.493 e. The Morgan fingerprint density at radius 3 is 2.88 bits per heavy atom. The first kappa shape index (κ1) is 16.2. The number of ether oxygens (including phenoxy) is 2. The minimum absolute atomic E-state index is 0.0119. The normalized spacial score (nSPS) is 18.7. The topological polar surface area (TPSA) is 47.6 Å². The van der Waals surface area contributed by atoms with Crippen LogP contribution < -0.4 is 10.1 Å². The molecule has 25 heavy (non-hydrogen) atoms. The monoisotopic (exact) mass is 337 g/mol. The maximum absolute atomic E-state index is 12.8. The molecule has 0 aliphatic carbocycles. The molecule has 0 aromatic heterocycles. The molecule has 0 saturated carbocycles. The van der Waals surface area contributed by atoms with Gasteiger partial charge in [-0.2, -0.15) is 0 Å². The Hall–Kier alpha value is -2.33. The van der Waals surface area contributed by atoms with Gasteiger partial charge in [0.25, 0.3) is 5.91 Å². The van der Waals surface area contributed by atoms with Crippen molar-refractivity contribution in [3.8, 4) is 5.75 Å². The van der Waals surface area contributed by atoms with Crippen molar-refractivity contribution < 1.29 is 14.3 Å². The summed E-state index contributed by atoms with van der Waals surface area (Å²) in [5, 5.41) is 3.19. The van der Waals surface area contributed by atoms with Gasteiger partial charge in [0, 0.05) is 17.5 Å². The molecule has 0 radical (unpaired) electrons. The first-order valence-corrected chi connectivity index (χ1v) is 8.86. The van der Waals surface area contributed by atoms with Gasteiger partial charge in [0.2, 0.25) is 0 Å². The molecule has 0 bridgehead atoms. The molecule has 130 valence electrons. The minimum atomic E-state index is -0.0367. The van der Waals surface area contributed by atoms with Crippen molar-refractivity contribution >= 4 is 5.91 Å². The summed E-state index contributed by atoms with van der Waals surface area (Å²) in [6.45, 7) is 6.11. The molecule has 2 heterocycles. The van der Waals surface area contributed by atoms with Crippen LogP contribution in [0.15, 0.2) is 30.3 Å². The van der Waals surface area contributed by atoms with Gasteiger partial charge in [-0.25, -0.2) is 0 Å². The number of benzene rings is 2. The van der Waals surface area contributed by atoms with E-state index in [1.807, 2.05) is 12.1 Å². The number of nitrogens with one attached hydrogen (secondary N) is 1. The van der Waals surface area contributed by atoms with Gasteiger partial charge in [-0.05, 0) is 49.1 Å². The Bertz CT molecular complexity index is 828. The molecule has 1 N–H and O–H groups in total. The second-order valence-corrected chi connectivity index (χ2v) is 6.95. The summed E-state index contributed by atoms with van der Waals surface area (Å²) >= 11 is 0. The molecule has 2 aliphatic rings. The third-order valence-corrected chi connectivity index (χ3v) is 5.02. The van der Waals surface area contributed by atoms with Crippen molar-refractivity contribution in [2.24, 2.45) is 0 Å². The first-order chi connectivity index (χ1) is 12.1. The van der Waals surface area contributed by atoms with E-state index in [2.05, 4.69) is 37.4 Å².